The molecule has 0 spiro atoms. The first-order chi connectivity index (χ1) is 10.3. The van der Waals surface area contributed by atoms with E-state index in [1.54, 1.807) is 0 Å². The van der Waals surface area contributed by atoms with Crippen LogP contribution in [0.4, 0.5) is 0 Å². The summed E-state index contributed by atoms with van der Waals surface area (Å²) in [7, 11) is 1.45. The Morgan fingerprint density at radius 2 is 2.05 bits per heavy atom. The van der Waals surface area contributed by atoms with Crippen LogP contribution in [0.2, 0.25) is 0 Å². The highest BCUT2D eigenvalue weighted by Crippen LogP contribution is 2.31. The molecule has 114 valence electrons. The fourth-order valence-corrected chi connectivity index (χ4v) is 3.52. The van der Waals surface area contributed by atoms with Crippen LogP contribution in [0.3, 0.4) is 0 Å². The van der Waals surface area contributed by atoms with Gasteiger partial charge in [0.15, 0.2) is 0 Å². The summed E-state index contributed by atoms with van der Waals surface area (Å²) in [5, 5.41) is 3.82. The monoisotopic (exact) mass is 288 g/mol. The van der Waals surface area contributed by atoms with Gasteiger partial charge in [0, 0.05) is 25.2 Å². The summed E-state index contributed by atoms with van der Waals surface area (Å²) in [6, 6.07) is 9.85. The minimum absolute atomic E-state index is 0.133. The summed E-state index contributed by atoms with van der Waals surface area (Å²) < 4.78 is 4.73. The van der Waals surface area contributed by atoms with Crippen LogP contribution in [0.1, 0.15) is 36.4 Å². The highest BCUT2D eigenvalue weighted by Gasteiger charge is 2.27. The number of benzene rings is 1. The Bertz CT molecular complexity index is 495. The average molecular weight is 288 g/mol. The summed E-state index contributed by atoms with van der Waals surface area (Å²) in [4.78, 5) is 13.5. The lowest BCUT2D eigenvalue weighted by molar-refractivity contribution is -0.142. The van der Waals surface area contributed by atoms with E-state index in [4.69, 9.17) is 4.74 Å². The van der Waals surface area contributed by atoms with Crippen LogP contribution in [0.5, 0.6) is 0 Å². The van der Waals surface area contributed by atoms with Crippen LogP contribution in [-0.4, -0.2) is 43.7 Å². The standard InChI is InChI=1S/C17H24N2O2/c1-21-17(20)12-19-10-8-14(9-11-19)18-16-7-6-13-4-2-3-5-15(13)16/h2-5,14,16,18H,6-12H2,1H3/t16-/m1/s1. The molecule has 1 N–H and O–H groups in total. The summed E-state index contributed by atoms with van der Waals surface area (Å²) in [5.41, 5.74) is 2.98. The number of hydrogen-bond acceptors (Lipinski definition) is 4. The first kappa shape index (κ1) is 14.5. The minimum Gasteiger partial charge on any atom is -0.468 e. The van der Waals surface area contributed by atoms with E-state index in [9.17, 15) is 4.79 Å². The highest BCUT2D eigenvalue weighted by molar-refractivity contribution is 5.71. The number of aryl methyl sites for hydroxylation is 1. The van der Waals surface area contributed by atoms with Gasteiger partial charge in [0.05, 0.1) is 13.7 Å². The van der Waals surface area contributed by atoms with Crippen molar-refractivity contribution in [3.8, 4) is 0 Å². The Balaban J connectivity index is 1.49. The van der Waals surface area contributed by atoms with Gasteiger partial charge in [-0.25, -0.2) is 0 Å². The summed E-state index contributed by atoms with van der Waals surface area (Å²) in [6.07, 6.45) is 4.61. The Hall–Kier alpha value is -1.39. The molecule has 0 amide bonds. The third-order valence-corrected chi connectivity index (χ3v) is 4.74. The molecule has 1 fully saturated rings. The van der Waals surface area contributed by atoms with Crippen molar-refractivity contribution in [2.24, 2.45) is 0 Å². The topological polar surface area (TPSA) is 41.6 Å². The largest absolute Gasteiger partial charge is 0.468 e. The second kappa shape index (κ2) is 6.58. The zero-order valence-corrected chi connectivity index (χ0v) is 12.7. The number of nitrogens with one attached hydrogen (secondary N) is 1. The molecule has 21 heavy (non-hydrogen) atoms. The van der Waals surface area contributed by atoms with Gasteiger partial charge in [0.2, 0.25) is 0 Å². The molecule has 4 heteroatoms. The van der Waals surface area contributed by atoms with Crippen molar-refractivity contribution in [2.45, 2.75) is 37.8 Å². The van der Waals surface area contributed by atoms with Crippen molar-refractivity contribution in [3.05, 3.63) is 35.4 Å². The molecule has 0 unspecified atom stereocenters. The van der Waals surface area contributed by atoms with Crippen LogP contribution in [0.25, 0.3) is 0 Å². The van der Waals surface area contributed by atoms with Crippen molar-refractivity contribution < 1.29 is 9.53 Å². The molecule has 0 saturated carbocycles. The first-order valence-electron chi connectivity index (χ1n) is 7.89. The molecule has 0 aromatic heterocycles. The molecule has 1 aromatic rings. The quantitative estimate of drug-likeness (QED) is 0.859. The van der Waals surface area contributed by atoms with E-state index in [2.05, 4.69) is 34.5 Å². The Morgan fingerprint density at radius 3 is 2.81 bits per heavy atom. The van der Waals surface area contributed by atoms with Crippen molar-refractivity contribution in [1.29, 1.82) is 0 Å². The number of rotatable bonds is 4. The summed E-state index contributed by atoms with van der Waals surface area (Å²) in [5.74, 6) is -0.133. The molecule has 1 aliphatic carbocycles. The number of esters is 1. The molecule has 1 aliphatic heterocycles. The lowest BCUT2D eigenvalue weighted by Crippen LogP contribution is -2.45. The van der Waals surface area contributed by atoms with Crippen molar-refractivity contribution >= 4 is 5.97 Å². The van der Waals surface area contributed by atoms with Gasteiger partial charge in [-0.2, -0.15) is 0 Å². The number of carbonyl (C=O) groups excluding carboxylic acids is 1. The number of hydrogen-bond donors (Lipinski definition) is 1. The number of nitrogens with zero attached hydrogens (tertiary/aromatic N) is 1. The third kappa shape index (κ3) is 3.44. The van der Waals surface area contributed by atoms with E-state index in [1.165, 1.54) is 31.1 Å². The zero-order chi connectivity index (χ0) is 14.7. The Morgan fingerprint density at radius 1 is 1.29 bits per heavy atom. The lowest BCUT2D eigenvalue weighted by atomic mass is 10.0. The lowest BCUT2D eigenvalue weighted by Gasteiger charge is -2.33. The summed E-state index contributed by atoms with van der Waals surface area (Å²) >= 11 is 0. The summed E-state index contributed by atoms with van der Waals surface area (Å²) in [6.45, 7) is 2.37. The van der Waals surface area contributed by atoms with E-state index in [1.807, 2.05) is 0 Å². The number of fused-ring (bicyclic) bond motifs is 1. The average Bonchev–Trinajstić information content (AvgIpc) is 2.92. The molecule has 1 atom stereocenters. The van der Waals surface area contributed by atoms with Gasteiger partial charge in [-0.3, -0.25) is 9.69 Å². The maximum absolute atomic E-state index is 11.3. The Labute approximate surface area is 126 Å². The van der Waals surface area contributed by atoms with Crippen LogP contribution >= 0.6 is 0 Å². The van der Waals surface area contributed by atoms with Crippen LogP contribution in [-0.2, 0) is 16.0 Å². The molecule has 1 heterocycles. The molecular weight excluding hydrogens is 264 g/mol. The van der Waals surface area contributed by atoms with E-state index in [0.717, 1.165) is 25.9 Å². The molecular formula is C17H24N2O2. The number of ether oxygens (including phenoxy) is 1. The van der Waals surface area contributed by atoms with Gasteiger partial charge >= 0.3 is 5.97 Å². The second-order valence-corrected chi connectivity index (χ2v) is 6.08. The van der Waals surface area contributed by atoms with E-state index < -0.39 is 0 Å². The maximum atomic E-state index is 11.3. The van der Waals surface area contributed by atoms with Gasteiger partial charge in [-0.05, 0) is 36.8 Å². The van der Waals surface area contributed by atoms with Gasteiger partial charge in [-0.15, -0.1) is 0 Å². The van der Waals surface area contributed by atoms with Gasteiger partial charge in [0.1, 0.15) is 0 Å². The number of carbonyl (C=O) groups is 1. The molecule has 1 aromatic carbocycles. The first-order valence-corrected chi connectivity index (χ1v) is 7.89. The smallest absolute Gasteiger partial charge is 0.319 e. The molecule has 0 radical (unpaired) electrons. The fourth-order valence-electron chi connectivity index (χ4n) is 3.52. The van der Waals surface area contributed by atoms with Crippen molar-refractivity contribution in [1.82, 2.24) is 10.2 Å². The number of likely N-dealkylation sites (tertiary alicyclic amines) is 1. The van der Waals surface area contributed by atoms with Gasteiger partial charge in [0.25, 0.3) is 0 Å². The molecule has 4 nitrogen and oxygen atoms in total. The van der Waals surface area contributed by atoms with Crippen LogP contribution < -0.4 is 5.32 Å². The van der Waals surface area contributed by atoms with E-state index in [-0.39, 0.29) is 5.97 Å². The highest BCUT2D eigenvalue weighted by atomic mass is 16.5. The zero-order valence-electron chi connectivity index (χ0n) is 12.7. The molecule has 0 bridgehead atoms. The third-order valence-electron chi connectivity index (χ3n) is 4.74. The maximum Gasteiger partial charge on any atom is 0.319 e. The molecule has 3 rings (SSSR count). The Kier molecular flexibility index (Phi) is 4.56. The van der Waals surface area contributed by atoms with Crippen LogP contribution in [0.15, 0.2) is 24.3 Å². The second-order valence-electron chi connectivity index (χ2n) is 6.08. The number of methoxy groups -OCH3 is 1. The number of piperidine rings is 1. The predicted octanol–water partition coefficient (Wildman–Crippen LogP) is 1.90. The van der Waals surface area contributed by atoms with E-state index in [0.29, 0.717) is 18.6 Å². The molecule has 1 saturated heterocycles. The normalized spacial score (nSPS) is 23.0. The van der Waals surface area contributed by atoms with Gasteiger partial charge < -0.3 is 10.1 Å². The fraction of sp³-hybridized carbons (Fsp3) is 0.588. The minimum atomic E-state index is -0.133. The predicted molar refractivity (Wildman–Crippen MR) is 82.1 cm³/mol. The van der Waals surface area contributed by atoms with Crippen LogP contribution in [0, 0.1) is 0 Å². The van der Waals surface area contributed by atoms with Crippen molar-refractivity contribution in [2.75, 3.05) is 26.7 Å². The van der Waals surface area contributed by atoms with E-state index >= 15 is 0 Å². The van der Waals surface area contributed by atoms with Gasteiger partial charge in [-0.1, -0.05) is 24.3 Å². The SMILES string of the molecule is COC(=O)CN1CCC(N[C@@H]2CCc3ccccc32)CC1. The molecule has 2 aliphatic rings. The van der Waals surface area contributed by atoms with Crippen molar-refractivity contribution in [3.63, 3.8) is 0 Å².